The molecule has 1 heterocycles. The second kappa shape index (κ2) is 15.2. The number of nitrogens with one attached hydrogen (secondary N) is 2. The molecule has 2 N–H and O–H groups in total. The molecule has 0 atom stereocenters. The van der Waals surface area contributed by atoms with Crippen molar-refractivity contribution in [2.75, 3.05) is 45.2 Å². The average molecular weight is 507 g/mol. The maximum atomic E-state index is 12.8. The minimum atomic E-state index is -0.717. The van der Waals surface area contributed by atoms with Crippen LogP contribution in [0, 0.1) is 22.7 Å². The summed E-state index contributed by atoms with van der Waals surface area (Å²) in [6.07, 6.45) is 2.48. The van der Waals surface area contributed by atoms with Crippen molar-refractivity contribution >= 4 is 34.4 Å². The number of nitriles is 2. The number of benzene rings is 1. The van der Waals surface area contributed by atoms with Gasteiger partial charge in [-0.25, -0.2) is 0 Å². The number of rotatable bonds is 12. The molecule has 0 fully saturated rings. The second-order valence-electron chi connectivity index (χ2n) is 7.55. The summed E-state index contributed by atoms with van der Waals surface area (Å²) < 4.78 is 7.23. The van der Waals surface area contributed by atoms with E-state index in [2.05, 4.69) is 46.1 Å². The van der Waals surface area contributed by atoms with Gasteiger partial charge >= 0.3 is 0 Å². The minimum absolute atomic E-state index is 0.226. The Hall–Kier alpha value is -3.88. The molecule has 36 heavy (non-hydrogen) atoms. The van der Waals surface area contributed by atoms with Crippen LogP contribution in [0.15, 0.2) is 40.8 Å². The van der Waals surface area contributed by atoms with Gasteiger partial charge in [0, 0.05) is 38.6 Å². The van der Waals surface area contributed by atoms with E-state index in [0.717, 1.165) is 43.1 Å². The Labute approximate surface area is 214 Å². The maximum Gasteiger partial charge on any atom is 0.277 e. The summed E-state index contributed by atoms with van der Waals surface area (Å²) in [5, 5.41) is 23.4. The molecule has 188 valence electrons. The molecule has 0 unspecified atom stereocenters. The van der Waals surface area contributed by atoms with Gasteiger partial charge < -0.3 is 20.3 Å². The molecule has 0 spiro atoms. The first-order chi connectivity index (χ1) is 17.5. The highest BCUT2D eigenvalue weighted by atomic mass is 32.1. The van der Waals surface area contributed by atoms with E-state index in [9.17, 15) is 14.9 Å². The molecule has 0 bridgehead atoms. The van der Waals surface area contributed by atoms with Crippen LogP contribution in [0.4, 0.5) is 5.69 Å². The van der Waals surface area contributed by atoms with E-state index in [1.807, 2.05) is 12.1 Å². The molecule has 9 nitrogen and oxygen atoms in total. The third-order valence-electron chi connectivity index (χ3n) is 5.24. The predicted octanol–water partition coefficient (Wildman–Crippen LogP) is 0.915. The Bertz CT molecular complexity index is 1380. The van der Waals surface area contributed by atoms with Gasteiger partial charge in [-0.05, 0) is 37.6 Å². The monoisotopic (exact) mass is 506 g/mol. The van der Waals surface area contributed by atoms with Crippen LogP contribution in [0.5, 0.6) is 0 Å². The molecule has 0 radical (unpaired) electrons. The quantitative estimate of drug-likeness (QED) is 0.249. The molecule has 0 aliphatic rings. The summed E-state index contributed by atoms with van der Waals surface area (Å²) in [5.74, 6) is -0.717. The normalized spacial score (nSPS) is 10.1. The molecular formula is C26H30N6O3S. The molecule has 2 aromatic rings. The van der Waals surface area contributed by atoms with Crippen molar-refractivity contribution in [3.63, 3.8) is 0 Å². The summed E-state index contributed by atoms with van der Waals surface area (Å²) in [5.41, 5.74) is 7.14. The zero-order chi connectivity index (χ0) is 26.3. The number of methoxy groups -OCH3 is 1. The summed E-state index contributed by atoms with van der Waals surface area (Å²) in [7, 11) is 1.71. The Balaban J connectivity index is 2.29. The zero-order valence-corrected chi connectivity index (χ0v) is 21.6. The fourth-order valence-electron chi connectivity index (χ4n) is 3.27. The molecule has 1 amide bonds. The van der Waals surface area contributed by atoms with Gasteiger partial charge in [0.05, 0.1) is 12.7 Å². The summed E-state index contributed by atoms with van der Waals surface area (Å²) in [6.45, 7) is 7.53. The third kappa shape index (κ3) is 8.41. The van der Waals surface area contributed by atoms with Gasteiger partial charge in [0.1, 0.15) is 21.8 Å². The van der Waals surface area contributed by atoms with Crippen molar-refractivity contribution in [3.8, 4) is 12.1 Å². The molecule has 0 saturated carbocycles. The Kier molecular flexibility index (Phi) is 12.0. The molecule has 10 heteroatoms. The van der Waals surface area contributed by atoms with Gasteiger partial charge in [0.15, 0.2) is 5.57 Å². The van der Waals surface area contributed by atoms with Crippen molar-refractivity contribution in [2.24, 2.45) is 0 Å². The van der Waals surface area contributed by atoms with Crippen LogP contribution < -0.4 is 25.4 Å². The fourth-order valence-corrected chi connectivity index (χ4v) is 4.25. The average Bonchev–Trinajstić information content (AvgIpc) is 3.19. The topological polar surface area (TPSA) is 123 Å². The molecular weight excluding hydrogens is 476 g/mol. The fraction of sp³-hybridized carbons (Fsp3) is 0.385. The number of hydrogen-bond donors (Lipinski definition) is 2. The van der Waals surface area contributed by atoms with Crippen molar-refractivity contribution in [1.82, 2.24) is 14.8 Å². The molecule has 0 aliphatic carbocycles. The van der Waals surface area contributed by atoms with Gasteiger partial charge in [-0.3, -0.25) is 14.2 Å². The Morgan fingerprint density at radius 3 is 2.75 bits per heavy atom. The van der Waals surface area contributed by atoms with E-state index in [4.69, 9.17) is 10.00 Å². The largest absolute Gasteiger partial charge is 0.383 e. The van der Waals surface area contributed by atoms with E-state index >= 15 is 0 Å². The number of anilines is 1. The maximum absolute atomic E-state index is 12.8. The van der Waals surface area contributed by atoms with E-state index in [0.29, 0.717) is 22.3 Å². The van der Waals surface area contributed by atoms with Gasteiger partial charge in [0.2, 0.25) is 0 Å². The van der Waals surface area contributed by atoms with Crippen LogP contribution >= 0.6 is 11.3 Å². The van der Waals surface area contributed by atoms with Gasteiger partial charge in [-0.2, -0.15) is 10.5 Å². The number of likely N-dealkylation sites (N-methyl/N-ethyl adjacent to an activating group) is 1. The van der Waals surface area contributed by atoms with Crippen LogP contribution in [-0.2, 0) is 22.5 Å². The first kappa shape index (κ1) is 28.4. The van der Waals surface area contributed by atoms with Crippen molar-refractivity contribution in [2.45, 2.75) is 26.8 Å². The van der Waals surface area contributed by atoms with E-state index in [-0.39, 0.29) is 17.7 Å². The number of aromatic nitrogens is 1. The molecule has 1 aromatic carbocycles. The summed E-state index contributed by atoms with van der Waals surface area (Å²) >= 11 is 1.08. The van der Waals surface area contributed by atoms with Gasteiger partial charge in [-0.15, -0.1) is 0 Å². The number of carbonyl (C=O) groups excluding carboxylic acids is 1. The summed E-state index contributed by atoms with van der Waals surface area (Å²) in [4.78, 5) is 27.1. The number of ether oxygens (including phenoxy) is 1. The van der Waals surface area contributed by atoms with E-state index in [1.165, 1.54) is 10.1 Å². The smallest absolute Gasteiger partial charge is 0.277 e. The molecule has 0 saturated heterocycles. The second-order valence-corrected chi connectivity index (χ2v) is 8.55. The lowest BCUT2D eigenvalue weighted by Crippen LogP contribution is -2.30. The SMILES string of the molecule is CCN(CCOC)CCc1cccc(NC=C=c2sc(=C=C(C#N)C(=O)NCC#N)n(CC)c2=O)c1. The first-order valence-electron chi connectivity index (χ1n) is 11.5. The van der Waals surface area contributed by atoms with E-state index < -0.39 is 5.91 Å². The lowest BCUT2D eigenvalue weighted by atomic mass is 10.1. The van der Waals surface area contributed by atoms with Crippen molar-refractivity contribution in [1.29, 1.82) is 10.5 Å². The Morgan fingerprint density at radius 1 is 1.28 bits per heavy atom. The van der Waals surface area contributed by atoms with Crippen LogP contribution in [0.2, 0.25) is 0 Å². The Morgan fingerprint density at radius 2 is 2.08 bits per heavy atom. The highest BCUT2D eigenvalue weighted by Gasteiger charge is 2.09. The van der Waals surface area contributed by atoms with Crippen LogP contribution in [0.25, 0.3) is 11.5 Å². The number of nitrogens with zero attached hydrogens (tertiary/aromatic N) is 4. The van der Waals surface area contributed by atoms with Crippen LogP contribution in [0.3, 0.4) is 0 Å². The highest BCUT2D eigenvalue weighted by Crippen LogP contribution is 2.11. The number of thiazole rings is 1. The zero-order valence-electron chi connectivity index (χ0n) is 20.8. The van der Waals surface area contributed by atoms with Crippen molar-refractivity contribution < 1.29 is 9.53 Å². The molecule has 1 aromatic heterocycles. The van der Waals surface area contributed by atoms with Crippen LogP contribution in [0.1, 0.15) is 19.4 Å². The lowest BCUT2D eigenvalue weighted by molar-refractivity contribution is -0.116. The number of amides is 1. The van der Waals surface area contributed by atoms with Crippen LogP contribution in [-0.4, -0.2) is 55.3 Å². The number of hydrogen-bond acceptors (Lipinski definition) is 8. The first-order valence-corrected chi connectivity index (χ1v) is 12.4. The lowest BCUT2D eigenvalue weighted by Gasteiger charge is -2.19. The molecule has 2 rings (SSSR count). The summed E-state index contributed by atoms with van der Waals surface area (Å²) in [6, 6.07) is 11.6. The number of carbonyl (C=O) groups is 1. The van der Waals surface area contributed by atoms with Gasteiger partial charge in [-0.1, -0.05) is 41.9 Å². The van der Waals surface area contributed by atoms with E-state index in [1.54, 1.807) is 32.4 Å². The standard InChI is InChI=1S/C26H30N6O3S/c1-4-31(15-16-35-3)14-10-20-7-6-8-22(17-20)29-12-9-23-26(34)32(5-2)24(36-23)18-21(19-28)25(33)30-13-11-27/h6-8,12,17,29H,4-5,10,13-16H2,1-3H3,(H,30,33). The third-order valence-corrected chi connectivity index (χ3v) is 6.26. The predicted molar refractivity (Wildman–Crippen MR) is 140 cm³/mol. The molecule has 0 aliphatic heterocycles. The highest BCUT2D eigenvalue weighted by molar-refractivity contribution is 7.07. The minimum Gasteiger partial charge on any atom is -0.383 e. The van der Waals surface area contributed by atoms with Gasteiger partial charge in [0.25, 0.3) is 11.5 Å². The van der Waals surface area contributed by atoms with Crippen molar-refractivity contribution in [3.05, 3.63) is 61.2 Å².